The molecule has 11 heteroatoms. The molecule has 9 nitrogen and oxygen atoms in total. The average molecular weight is 690 g/mol. The Kier molecular flexibility index (Phi) is 9.39. The topological polar surface area (TPSA) is 79.4 Å². The fourth-order valence-corrected chi connectivity index (χ4v) is 8.25. The Morgan fingerprint density at radius 3 is 2.23 bits per heavy atom. The van der Waals surface area contributed by atoms with Crippen LogP contribution in [0.5, 0.6) is 0 Å². The summed E-state index contributed by atoms with van der Waals surface area (Å²) in [5.41, 5.74) is 8.83. The molecule has 3 unspecified atom stereocenters. The van der Waals surface area contributed by atoms with Gasteiger partial charge in [0, 0.05) is 82.0 Å². The molecule has 5 aliphatic rings. The van der Waals surface area contributed by atoms with Crippen LogP contribution in [-0.4, -0.2) is 90.3 Å². The minimum Gasteiger partial charge on any atom is -0.366 e. The number of carbonyl (C=O) groups is 3. The summed E-state index contributed by atoms with van der Waals surface area (Å²) in [6.07, 6.45) is 3.18. The van der Waals surface area contributed by atoms with Crippen LogP contribution >= 0.6 is 23.2 Å². The van der Waals surface area contributed by atoms with Crippen LogP contribution in [0.1, 0.15) is 58.8 Å². The van der Waals surface area contributed by atoms with Crippen molar-refractivity contribution in [2.24, 2.45) is 0 Å². The zero-order chi connectivity index (χ0) is 33.5. The smallest absolute Gasteiger partial charge is 0.254 e. The molecule has 3 aromatic carbocycles. The number of rotatable bonds is 7. The van der Waals surface area contributed by atoms with Gasteiger partial charge in [-0.05, 0) is 80.8 Å². The van der Waals surface area contributed by atoms with E-state index in [9.17, 15) is 14.4 Å². The number of hydrogen-bond acceptors (Lipinski definition) is 6. The lowest BCUT2D eigenvalue weighted by Crippen LogP contribution is -2.63. The number of nitrogens with one attached hydrogen (secondary N) is 1. The normalized spacial score (nSPS) is 22.9. The van der Waals surface area contributed by atoms with Crippen molar-refractivity contribution in [2.45, 2.75) is 57.7 Å². The number of hydrogen-bond donors (Lipinski definition) is 1. The van der Waals surface area contributed by atoms with E-state index in [-0.39, 0.29) is 23.8 Å². The van der Waals surface area contributed by atoms with Crippen LogP contribution in [0.25, 0.3) is 0 Å². The second-order valence-corrected chi connectivity index (χ2v) is 14.4. The first-order valence-electron chi connectivity index (χ1n) is 16.9. The number of nitrogens with zero attached hydrogens (tertiary/aromatic N) is 5. The van der Waals surface area contributed by atoms with Gasteiger partial charge in [0.2, 0.25) is 11.8 Å². The molecule has 8 rings (SSSR count). The highest BCUT2D eigenvalue weighted by Crippen LogP contribution is 2.35. The van der Waals surface area contributed by atoms with Crippen LogP contribution in [0.4, 0.5) is 11.4 Å². The van der Waals surface area contributed by atoms with E-state index in [0.717, 1.165) is 48.3 Å². The lowest BCUT2D eigenvalue weighted by molar-refractivity contribution is -0.136. The van der Waals surface area contributed by atoms with Gasteiger partial charge >= 0.3 is 0 Å². The highest BCUT2D eigenvalue weighted by Gasteiger charge is 2.40. The maximum absolute atomic E-state index is 14.0. The Bertz CT molecular complexity index is 1700. The first-order chi connectivity index (χ1) is 23.1. The fourth-order valence-electron chi connectivity index (χ4n) is 7.94. The van der Waals surface area contributed by atoms with Crippen molar-refractivity contribution in [1.29, 1.82) is 0 Å². The quantitative estimate of drug-likeness (QED) is 0.347. The molecule has 0 aromatic heterocycles. The molecule has 1 N–H and O–H groups in total. The molecule has 48 heavy (non-hydrogen) atoms. The second-order valence-electron chi connectivity index (χ2n) is 13.6. The molecule has 5 saturated heterocycles. The number of halogens is 2. The number of aryl methyl sites for hydroxylation is 2. The fraction of sp³-hybridized carbons (Fsp3) is 0.432. The maximum atomic E-state index is 14.0. The molecule has 2 bridgehead atoms. The molecular formula is C37H42Cl2N6O3. The molecule has 5 fully saturated rings. The van der Waals surface area contributed by atoms with E-state index < -0.39 is 0 Å². The number of carbonyl (C=O) groups excluding carboxylic acids is 3. The highest BCUT2D eigenvalue weighted by molar-refractivity contribution is 6.42. The van der Waals surface area contributed by atoms with Gasteiger partial charge in [-0.2, -0.15) is 0 Å². The lowest BCUT2D eigenvalue weighted by atomic mass is 9.90. The second kappa shape index (κ2) is 13.7. The maximum Gasteiger partial charge on any atom is 0.254 e. The van der Waals surface area contributed by atoms with Gasteiger partial charge < -0.3 is 14.7 Å². The van der Waals surface area contributed by atoms with E-state index >= 15 is 0 Å². The van der Waals surface area contributed by atoms with Gasteiger partial charge in [-0.1, -0.05) is 46.5 Å². The Balaban J connectivity index is 1.01. The summed E-state index contributed by atoms with van der Waals surface area (Å²) in [6.45, 7) is 8.52. The Hall–Kier alpha value is -3.63. The van der Waals surface area contributed by atoms with Gasteiger partial charge in [-0.3, -0.25) is 19.3 Å². The predicted molar refractivity (Wildman–Crippen MR) is 190 cm³/mol. The summed E-state index contributed by atoms with van der Waals surface area (Å²) in [7, 11) is 0. The number of fused-ring (bicyclic) bond motifs is 3. The molecule has 0 aliphatic carbocycles. The van der Waals surface area contributed by atoms with Gasteiger partial charge in [0.15, 0.2) is 0 Å². The van der Waals surface area contributed by atoms with E-state index in [1.807, 2.05) is 60.0 Å². The van der Waals surface area contributed by atoms with Crippen LogP contribution in [-0.2, 0) is 9.59 Å². The van der Waals surface area contributed by atoms with Gasteiger partial charge in [0.25, 0.3) is 5.91 Å². The summed E-state index contributed by atoms with van der Waals surface area (Å²) in [5.74, 6) is 0.160. The van der Waals surface area contributed by atoms with Gasteiger partial charge in [-0.15, -0.1) is 0 Å². The van der Waals surface area contributed by atoms with Gasteiger partial charge in [-0.25, -0.2) is 10.4 Å². The SMILES string of the molecule is Cc1cc(C)cc(C(=O)N2CCN(C(=O)CCN3CC4CCC3CN4c3ccc(N4NCCC4=O)cc3)C(c3ccc(Cl)c(Cl)c3)C2)c1. The summed E-state index contributed by atoms with van der Waals surface area (Å²) in [5, 5.41) is 2.53. The zero-order valence-electron chi connectivity index (χ0n) is 27.5. The molecule has 0 spiro atoms. The Morgan fingerprint density at radius 1 is 0.833 bits per heavy atom. The number of benzene rings is 3. The minimum absolute atomic E-state index is 0.0244. The van der Waals surface area contributed by atoms with Crippen molar-refractivity contribution >= 4 is 52.3 Å². The van der Waals surface area contributed by atoms with E-state index in [1.165, 1.54) is 5.69 Å². The van der Waals surface area contributed by atoms with Crippen LogP contribution in [0.2, 0.25) is 10.0 Å². The summed E-state index contributed by atoms with van der Waals surface area (Å²) in [4.78, 5) is 48.5. The molecular weight excluding hydrogens is 647 g/mol. The molecule has 3 aromatic rings. The number of anilines is 2. The standard InChI is InChI=1S/C37H42Cl2N6O3/c1-24-17-25(2)19-27(18-24)37(48)42-15-16-43(34(23-42)26-3-10-32(38)33(39)20-26)35(46)12-14-41-21-31-9-8-30(41)22-44(31)28-4-6-29(7-5-28)45-36(47)11-13-40-45/h3-7,10,17-20,30-31,34,40H,8-9,11-16,21-23H2,1-2H3. The average Bonchev–Trinajstić information content (AvgIpc) is 3.53. The molecule has 3 amide bonds. The van der Waals surface area contributed by atoms with Crippen LogP contribution in [0.3, 0.4) is 0 Å². The molecule has 0 radical (unpaired) electrons. The molecule has 5 aliphatic heterocycles. The number of piperidine rings is 2. The van der Waals surface area contributed by atoms with Gasteiger partial charge in [0.05, 0.1) is 21.8 Å². The summed E-state index contributed by atoms with van der Waals surface area (Å²) >= 11 is 12.7. The van der Waals surface area contributed by atoms with Crippen molar-refractivity contribution in [3.8, 4) is 0 Å². The Labute approximate surface area is 292 Å². The third kappa shape index (κ3) is 6.66. The first kappa shape index (κ1) is 32.9. The van der Waals surface area contributed by atoms with E-state index in [2.05, 4.69) is 33.4 Å². The highest BCUT2D eigenvalue weighted by atomic mass is 35.5. The molecule has 5 heterocycles. The lowest BCUT2D eigenvalue weighted by Gasteiger charge is -2.52. The van der Waals surface area contributed by atoms with Crippen LogP contribution in [0.15, 0.2) is 60.7 Å². The van der Waals surface area contributed by atoms with Crippen LogP contribution < -0.4 is 15.3 Å². The van der Waals surface area contributed by atoms with Crippen molar-refractivity contribution < 1.29 is 14.4 Å². The first-order valence-corrected chi connectivity index (χ1v) is 17.7. The third-order valence-electron chi connectivity index (χ3n) is 10.3. The minimum atomic E-state index is -0.321. The van der Waals surface area contributed by atoms with E-state index in [0.29, 0.717) is 73.3 Å². The monoisotopic (exact) mass is 688 g/mol. The van der Waals surface area contributed by atoms with Crippen molar-refractivity contribution in [3.05, 3.63) is 93.0 Å². The molecule has 3 atom stereocenters. The van der Waals surface area contributed by atoms with Crippen LogP contribution in [0, 0.1) is 13.8 Å². The molecule has 0 saturated carbocycles. The predicted octanol–water partition coefficient (Wildman–Crippen LogP) is 5.62. The van der Waals surface area contributed by atoms with Gasteiger partial charge in [0.1, 0.15) is 0 Å². The largest absolute Gasteiger partial charge is 0.366 e. The summed E-state index contributed by atoms with van der Waals surface area (Å²) < 4.78 is 0. The van der Waals surface area contributed by atoms with E-state index in [1.54, 1.807) is 11.1 Å². The zero-order valence-corrected chi connectivity index (χ0v) is 29.0. The third-order valence-corrected chi connectivity index (χ3v) is 11.1. The van der Waals surface area contributed by atoms with E-state index in [4.69, 9.17) is 23.2 Å². The number of amides is 3. The van der Waals surface area contributed by atoms with Crippen molar-refractivity contribution in [2.75, 3.05) is 55.7 Å². The molecule has 252 valence electrons. The summed E-state index contributed by atoms with van der Waals surface area (Å²) in [6, 6.07) is 20.1. The Morgan fingerprint density at radius 2 is 1.56 bits per heavy atom. The number of hydrazine groups is 1. The number of piperazine rings is 2. The van der Waals surface area contributed by atoms with Crippen molar-refractivity contribution in [1.82, 2.24) is 20.1 Å². The van der Waals surface area contributed by atoms with Crippen molar-refractivity contribution in [3.63, 3.8) is 0 Å².